The van der Waals surface area contributed by atoms with Crippen molar-refractivity contribution >= 4 is 10.9 Å². The number of fused-ring (bicyclic) bond motifs is 1. The molecule has 0 saturated heterocycles. The zero-order valence-corrected chi connectivity index (χ0v) is 10.9. The number of ether oxygens (including phenoxy) is 2. The van der Waals surface area contributed by atoms with Crippen LogP contribution in [0.3, 0.4) is 0 Å². The molecule has 96 valence electrons. The van der Waals surface area contributed by atoms with Gasteiger partial charge in [0.15, 0.2) is 0 Å². The van der Waals surface area contributed by atoms with Gasteiger partial charge in [-0.05, 0) is 35.9 Å². The van der Waals surface area contributed by atoms with Crippen molar-refractivity contribution in [3.05, 3.63) is 48.7 Å². The number of hydrogen-bond donors (Lipinski definition) is 1. The predicted molar refractivity (Wildman–Crippen MR) is 76.8 cm³/mol. The summed E-state index contributed by atoms with van der Waals surface area (Å²) >= 11 is 0. The summed E-state index contributed by atoms with van der Waals surface area (Å²) in [4.78, 5) is 3.28. The highest BCUT2D eigenvalue weighted by Crippen LogP contribution is 2.32. The van der Waals surface area contributed by atoms with Crippen molar-refractivity contribution in [2.24, 2.45) is 0 Å². The molecule has 3 heteroatoms. The van der Waals surface area contributed by atoms with Crippen LogP contribution in [0.2, 0.25) is 0 Å². The predicted octanol–water partition coefficient (Wildman–Crippen LogP) is 3.85. The minimum atomic E-state index is 0.856. The largest absolute Gasteiger partial charge is 0.497 e. The first-order valence-electron chi connectivity index (χ1n) is 6.11. The maximum Gasteiger partial charge on any atom is 0.119 e. The average molecular weight is 253 g/mol. The first-order chi connectivity index (χ1) is 9.31. The van der Waals surface area contributed by atoms with Gasteiger partial charge in [0.05, 0.1) is 14.2 Å². The van der Waals surface area contributed by atoms with E-state index < -0.39 is 0 Å². The Balaban J connectivity index is 2.18. The molecule has 0 atom stereocenters. The van der Waals surface area contributed by atoms with Crippen LogP contribution in [0.4, 0.5) is 0 Å². The van der Waals surface area contributed by atoms with Crippen molar-refractivity contribution in [1.82, 2.24) is 4.98 Å². The lowest BCUT2D eigenvalue weighted by Gasteiger charge is -2.04. The molecule has 0 amide bonds. The van der Waals surface area contributed by atoms with Gasteiger partial charge >= 0.3 is 0 Å². The first kappa shape index (κ1) is 11.7. The van der Waals surface area contributed by atoms with E-state index in [0.717, 1.165) is 33.5 Å². The Labute approximate surface area is 111 Å². The van der Waals surface area contributed by atoms with Crippen LogP contribution < -0.4 is 9.47 Å². The lowest BCUT2D eigenvalue weighted by Crippen LogP contribution is -1.84. The molecule has 3 nitrogen and oxygen atoms in total. The summed E-state index contributed by atoms with van der Waals surface area (Å²) in [5.41, 5.74) is 3.37. The van der Waals surface area contributed by atoms with Gasteiger partial charge < -0.3 is 14.5 Å². The van der Waals surface area contributed by atoms with Gasteiger partial charge in [-0.25, -0.2) is 0 Å². The Bertz CT molecular complexity index is 716. The van der Waals surface area contributed by atoms with Gasteiger partial charge in [-0.1, -0.05) is 12.1 Å². The quantitative estimate of drug-likeness (QED) is 0.769. The average Bonchev–Trinajstić information content (AvgIpc) is 2.90. The number of rotatable bonds is 3. The monoisotopic (exact) mass is 253 g/mol. The van der Waals surface area contributed by atoms with Gasteiger partial charge in [0.25, 0.3) is 0 Å². The van der Waals surface area contributed by atoms with Crippen molar-refractivity contribution in [3.63, 3.8) is 0 Å². The molecule has 0 fully saturated rings. The van der Waals surface area contributed by atoms with E-state index in [1.807, 2.05) is 42.6 Å². The molecular formula is C16H15NO2. The highest BCUT2D eigenvalue weighted by atomic mass is 16.5. The molecule has 3 rings (SSSR count). The van der Waals surface area contributed by atoms with Gasteiger partial charge in [-0.3, -0.25) is 0 Å². The number of benzene rings is 2. The Morgan fingerprint density at radius 3 is 2.47 bits per heavy atom. The van der Waals surface area contributed by atoms with E-state index in [1.54, 1.807) is 14.2 Å². The molecule has 1 N–H and O–H groups in total. The molecule has 1 heterocycles. The van der Waals surface area contributed by atoms with E-state index in [9.17, 15) is 0 Å². The van der Waals surface area contributed by atoms with Crippen LogP contribution in [0.5, 0.6) is 11.5 Å². The van der Waals surface area contributed by atoms with Gasteiger partial charge in [0.1, 0.15) is 11.5 Å². The Morgan fingerprint density at radius 2 is 1.68 bits per heavy atom. The molecule has 19 heavy (non-hydrogen) atoms. The van der Waals surface area contributed by atoms with Crippen molar-refractivity contribution in [2.45, 2.75) is 0 Å². The molecule has 3 aromatic rings. The molecule has 2 aromatic carbocycles. The zero-order chi connectivity index (χ0) is 13.2. The van der Waals surface area contributed by atoms with Crippen LogP contribution in [-0.4, -0.2) is 19.2 Å². The van der Waals surface area contributed by atoms with E-state index in [-0.39, 0.29) is 0 Å². The molecule has 0 bridgehead atoms. The summed E-state index contributed by atoms with van der Waals surface area (Å²) < 4.78 is 10.6. The SMILES string of the molecule is COc1cccc(-c2c[nH]c3ccc(OC)cc23)c1. The number of nitrogens with one attached hydrogen (secondary N) is 1. The number of hydrogen-bond acceptors (Lipinski definition) is 2. The molecule has 1 aromatic heterocycles. The van der Waals surface area contributed by atoms with Gasteiger partial charge in [0.2, 0.25) is 0 Å². The normalized spacial score (nSPS) is 10.6. The zero-order valence-electron chi connectivity index (χ0n) is 10.9. The summed E-state index contributed by atoms with van der Waals surface area (Å²) in [5.74, 6) is 1.71. The molecule has 0 aliphatic rings. The molecule has 0 radical (unpaired) electrons. The summed E-state index contributed by atoms with van der Waals surface area (Å²) in [6, 6.07) is 14.1. The number of methoxy groups -OCH3 is 2. The van der Waals surface area contributed by atoms with E-state index in [4.69, 9.17) is 9.47 Å². The molecule has 0 spiro atoms. The fourth-order valence-corrected chi connectivity index (χ4v) is 2.26. The van der Waals surface area contributed by atoms with Crippen molar-refractivity contribution in [3.8, 4) is 22.6 Å². The third kappa shape index (κ3) is 2.03. The van der Waals surface area contributed by atoms with Crippen LogP contribution in [0.1, 0.15) is 0 Å². The minimum Gasteiger partial charge on any atom is -0.497 e. The highest BCUT2D eigenvalue weighted by molar-refractivity contribution is 5.96. The van der Waals surface area contributed by atoms with Crippen LogP contribution in [0.25, 0.3) is 22.0 Å². The van der Waals surface area contributed by atoms with E-state index in [2.05, 4.69) is 11.1 Å². The van der Waals surface area contributed by atoms with Crippen LogP contribution in [0, 0.1) is 0 Å². The van der Waals surface area contributed by atoms with Crippen LogP contribution in [-0.2, 0) is 0 Å². The third-order valence-electron chi connectivity index (χ3n) is 3.27. The number of H-pyrrole nitrogens is 1. The Morgan fingerprint density at radius 1 is 0.895 bits per heavy atom. The maximum absolute atomic E-state index is 5.29. The first-order valence-corrected chi connectivity index (χ1v) is 6.11. The second-order valence-electron chi connectivity index (χ2n) is 4.35. The van der Waals surface area contributed by atoms with E-state index >= 15 is 0 Å². The summed E-state index contributed by atoms with van der Waals surface area (Å²) in [7, 11) is 3.36. The van der Waals surface area contributed by atoms with Crippen molar-refractivity contribution < 1.29 is 9.47 Å². The van der Waals surface area contributed by atoms with E-state index in [0.29, 0.717) is 0 Å². The lowest BCUT2D eigenvalue weighted by atomic mass is 10.0. The standard InChI is InChI=1S/C16H15NO2/c1-18-12-5-3-4-11(8-12)15-10-17-16-7-6-13(19-2)9-14(15)16/h3-10,17H,1-2H3. The number of aromatic nitrogens is 1. The lowest BCUT2D eigenvalue weighted by molar-refractivity contribution is 0.415. The molecule has 0 aliphatic carbocycles. The second-order valence-corrected chi connectivity index (χ2v) is 4.35. The molecule has 0 unspecified atom stereocenters. The van der Waals surface area contributed by atoms with Crippen molar-refractivity contribution in [1.29, 1.82) is 0 Å². The van der Waals surface area contributed by atoms with Crippen LogP contribution >= 0.6 is 0 Å². The topological polar surface area (TPSA) is 34.2 Å². The Hall–Kier alpha value is -2.42. The van der Waals surface area contributed by atoms with Gasteiger partial charge in [-0.15, -0.1) is 0 Å². The fourth-order valence-electron chi connectivity index (χ4n) is 2.26. The maximum atomic E-state index is 5.29. The summed E-state index contributed by atoms with van der Waals surface area (Å²) in [6.45, 7) is 0. The van der Waals surface area contributed by atoms with E-state index in [1.165, 1.54) is 0 Å². The second kappa shape index (κ2) is 4.69. The molecule has 0 aliphatic heterocycles. The third-order valence-corrected chi connectivity index (χ3v) is 3.27. The minimum absolute atomic E-state index is 0.856. The van der Waals surface area contributed by atoms with Gasteiger partial charge in [0, 0.05) is 22.7 Å². The van der Waals surface area contributed by atoms with Crippen molar-refractivity contribution in [2.75, 3.05) is 14.2 Å². The van der Waals surface area contributed by atoms with Crippen LogP contribution in [0.15, 0.2) is 48.7 Å². The number of aromatic amines is 1. The molecule has 0 saturated carbocycles. The fraction of sp³-hybridized carbons (Fsp3) is 0.125. The van der Waals surface area contributed by atoms with Gasteiger partial charge in [-0.2, -0.15) is 0 Å². The smallest absolute Gasteiger partial charge is 0.119 e. The Kier molecular flexibility index (Phi) is 2.88. The summed E-state index contributed by atoms with van der Waals surface area (Å²) in [6.07, 6.45) is 2.01. The highest BCUT2D eigenvalue weighted by Gasteiger charge is 2.07. The molecular weight excluding hydrogens is 238 g/mol. The summed E-state index contributed by atoms with van der Waals surface area (Å²) in [5, 5.41) is 1.15.